The van der Waals surface area contributed by atoms with E-state index in [4.69, 9.17) is 4.84 Å². The maximum absolute atomic E-state index is 5.20. The molecule has 0 bridgehead atoms. The molecule has 0 aromatic heterocycles. The third-order valence-electron chi connectivity index (χ3n) is 1.99. The minimum Gasteiger partial charge on any atom is -0.276 e. The van der Waals surface area contributed by atoms with Gasteiger partial charge in [-0.25, -0.2) is 0 Å². The third kappa shape index (κ3) is 1.10. The molecule has 0 unspecified atom stereocenters. The van der Waals surface area contributed by atoms with E-state index in [2.05, 4.69) is 24.3 Å². The van der Waals surface area contributed by atoms with Crippen molar-refractivity contribution in [3.63, 3.8) is 0 Å². The predicted octanol–water partition coefficient (Wildman–Crippen LogP) is 2.08. The van der Waals surface area contributed by atoms with Gasteiger partial charge in [-0.05, 0) is 11.6 Å². The van der Waals surface area contributed by atoms with E-state index in [1.807, 2.05) is 17.2 Å². The van der Waals surface area contributed by atoms with Gasteiger partial charge in [-0.1, -0.05) is 30.4 Å². The van der Waals surface area contributed by atoms with Crippen molar-refractivity contribution in [2.75, 3.05) is 18.7 Å². The standard InChI is InChI=1S/C10H11NO/c1-12-11-8-4-6-9-5-2-3-7-10(9)11/h2-7H,8H2,1H3. The normalized spacial score (nSPS) is 14.6. The van der Waals surface area contributed by atoms with E-state index in [9.17, 15) is 0 Å². The lowest BCUT2D eigenvalue weighted by Gasteiger charge is -2.24. The Morgan fingerprint density at radius 3 is 3.00 bits per heavy atom. The van der Waals surface area contributed by atoms with Crippen LogP contribution in [-0.2, 0) is 4.84 Å². The van der Waals surface area contributed by atoms with Crippen LogP contribution in [0.3, 0.4) is 0 Å². The number of para-hydroxylation sites is 1. The first-order chi connectivity index (χ1) is 5.92. The van der Waals surface area contributed by atoms with Crippen LogP contribution in [0.15, 0.2) is 30.3 Å². The second kappa shape index (κ2) is 2.99. The minimum atomic E-state index is 0.827. The second-order valence-electron chi connectivity index (χ2n) is 2.70. The summed E-state index contributed by atoms with van der Waals surface area (Å²) in [5, 5.41) is 1.87. The van der Waals surface area contributed by atoms with Gasteiger partial charge in [-0.15, -0.1) is 0 Å². The Bertz CT molecular complexity index is 306. The molecule has 2 nitrogen and oxygen atoms in total. The summed E-state index contributed by atoms with van der Waals surface area (Å²) in [7, 11) is 1.69. The Kier molecular flexibility index (Phi) is 1.84. The first kappa shape index (κ1) is 7.37. The fourth-order valence-corrected chi connectivity index (χ4v) is 1.40. The van der Waals surface area contributed by atoms with Crippen LogP contribution >= 0.6 is 0 Å². The first-order valence-electron chi connectivity index (χ1n) is 3.99. The maximum atomic E-state index is 5.20. The molecule has 0 N–H and O–H groups in total. The van der Waals surface area contributed by atoms with Gasteiger partial charge in [0.25, 0.3) is 0 Å². The number of hydrogen-bond acceptors (Lipinski definition) is 2. The average Bonchev–Trinajstić information content (AvgIpc) is 2.17. The highest BCUT2D eigenvalue weighted by Gasteiger charge is 2.10. The highest BCUT2D eigenvalue weighted by Crippen LogP contribution is 2.24. The van der Waals surface area contributed by atoms with Gasteiger partial charge in [-0.2, -0.15) is 0 Å². The molecule has 0 fully saturated rings. The Labute approximate surface area is 72.0 Å². The van der Waals surface area contributed by atoms with Crippen LogP contribution in [0.25, 0.3) is 6.08 Å². The largest absolute Gasteiger partial charge is 0.276 e. The molecular formula is C10H11NO. The lowest BCUT2D eigenvalue weighted by Crippen LogP contribution is -2.24. The van der Waals surface area contributed by atoms with Gasteiger partial charge in [0.1, 0.15) is 0 Å². The monoisotopic (exact) mass is 161 g/mol. The van der Waals surface area contributed by atoms with E-state index < -0.39 is 0 Å². The number of nitrogens with zero attached hydrogens (tertiary/aromatic N) is 1. The van der Waals surface area contributed by atoms with Gasteiger partial charge < -0.3 is 0 Å². The molecule has 1 aromatic carbocycles. The molecule has 62 valence electrons. The Morgan fingerprint density at radius 2 is 2.17 bits per heavy atom. The summed E-state index contributed by atoms with van der Waals surface area (Å²) in [6.07, 6.45) is 4.21. The van der Waals surface area contributed by atoms with Crippen LogP contribution in [0, 0.1) is 0 Å². The highest BCUT2D eigenvalue weighted by molar-refractivity contribution is 5.69. The lowest BCUT2D eigenvalue weighted by atomic mass is 10.1. The molecule has 2 rings (SSSR count). The molecule has 12 heavy (non-hydrogen) atoms. The van der Waals surface area contributed by atoms with Gasteiger partial charge in [0, 0.05) is 0 Å². The smallest absolute Gasteiger partial charge is 0.0712 e. The number of hydroxylamine groups is 1. The molecule has 0 saturated heterocycles. The van der Waals surface area contributed by atoms with Crippen LogP contribution in [0.1, 0.15) is 5.56 Å². The number of rotatable bonds is 1. The summed E-state index contributed by atoms with van der Waals surface area (Å²) in [6, 6.07) is 8.19. The number of hydrogen-bond donors (Lipinski definition) is 0. The molecule has 1 aliphatic heterocycles. The number of anilines is 1. The molecule has 2 heteroatoms. The second-order valence-corrected chi connectivity index (χ2v) is 2.70. The van der Waals surface area contributed by atoms with Crippen LogP contribution in [0.5, 0.6) is 0 Å². The van der Waals surface area contributed by atoms with Crippen LogP contribution in [0.2, 0.25) is 0 Å². The fourth-order valence-electron chi connectivity index (χ4n) is 1.40. The molecule has 0 radical (unpaired) electrons. The van der Waals surface area contributed by atoms with Crippen molar-refractivity contribution >= 4 is 11.8 Å². The SMILES string of the molecule is CON1CC=Cc2ccccc21. The van der Waals surface area contributed by atoms with E-state index in [1.165, 1.54) is 5.56 Å². The summed E-state index contributed by atoms with van der Waals surface area (Å²) >= 11 is 0. The minimum absolute atomic E-state index is 0.827. The molecule has 1 aliphatic rings. The van der Waals surface area contributed by atoms with Crippen molar-refractivity contribution in [1.82, 2.24) is 0 Å². The van der Waals surface area contributed by atoms with Crippen LogP contribution in [0.4, 0.5) is 5.69 Å². The van der Waals surface area contributed by atoms with E-state index in [0.29, 0.717) is 0 Å². The van der Waals surface area contributed by atoms with E-state index >= 15 is 0 Å². The highest BCUT2D eigenvalue weighted by atomic mass is 16.7. The molecule has 1 heterocycles. The van der Waals surface area contributed by atoms with Gasteiger partial charge in [0.05, 0.1) is 19.3 Å². The quantitative estimate of drug-likeness (QED) is 0.625. The van der Waals surface area contributed by atoms with E-state index in [-0.39, 0.29) is 0 Å². The van der Waals surface area contributed by atoms with Gasteiger partial charge >= 0.3 is 0 Å². The lowest BCUT2D eigenvalue weighted by molar-refractivity contribution is 0.174. The molecule has 0 spiro atoms. The zero-order valence-corrected chi connectivity index (χ0v) is 7.03. The van der Waals surface area contributed by atoms with Crippen molar-refractivity contribution in [1.29, 1.82) is 0 Å². The average molecular weight is 161 g/mol. The summed E-state index contributed by atoms with van der Waals surface area (Å²) in [5.41, 5.74) is 2.35. The van der Waals surface area contributed by atoms with Gasteiger partial charge in [-0.3, -0.25) is 9.90 Å². The Balaban J connectivity index is 2.45. The molecule has 0 amide bonds. The zero-order chi connectivity index (χ0) is 8.39. The summed E-state index contributed by atoms with van der Waals surface area (Å²) < 4.78 is 0. The molecule has 1 aromatic rings. The summed E-state index contributed by atoms with van der Waals surface area (Å²) in [4.78, 5) is 5.20. The van der Waals surface area contributed by atoms with Crippen LogP contribution < -0.4 is 5.06 Å². The summed E-state index contributed by atoms with van der Waals surface area (Å²) in [5.74, 6) is 0. The Morgan fingerprint density at radius 1 is 1.33 bits per heavy atom. The van der Waals surface area contributed by atoms with E-state index in [0.717, 1.165) is 12.2 Å². The van der Waals surface area contributed by atoms with Gasteiger partial charge in [0.15, 0.2) is 0 Å². The van der Waals surface area contributed by atoms with Crippen molar-refractivity contribution in [3.8, 4) is 0 Å². The number of benzene rings is 1. The first-order valence-corrected chi connectivity index (χ1v) is 3.99. The zero-order valence-electron chi connectivity index (χ0n) is 7.03. The number of fused-ring (bicyclic) bond motifs is 1. The third-order valence-corrected chi connectivity index (χ3v) is 1.99. The molecule has 0 atom stereocenters. The Hall–Kier alpha value is -1.28. The van der Waals surface area contributed by atoms with Crippen molar-refractivity contribution in [2.24, 2.45) is 0 Å². The molecule has 0 saturated carbocycles. The topological polar surface area (TPSA) is 12.5 Å². The molecular weight excluding hydrogens is 150 g/mol. The van der Waals surface area contributed by atoms with E-state index in [1.54, 1.807) is 7.11 Å². The summed E-state index contributed by atoms with van der Waals surface area (Å²) in [6.45, 7) is 0.827. The van der Waals surface area contributed by atoms with Crippen molar-refractivity contribution < 1.29 is 4.84 Å². The van der Waals surface area contributed by atoms with Gasteiger partial charge in [0.2, 0.25) is 0 Å². The predicted molar refractivity (Wildman–Crippen MR) is 49.8 cm³/mol. The van der Waals surface area contributed by atoms with Crippen molar-refractivity contribution in [2.45, 2.75) is 0 Å². The fraction of sp³-hybridized carbons (Fsp3) is 0.200. The molecule has 0 aliphatic carbocycles. The van der Waals surface area contributed by atoms with Crippen molar-refractivity contribution in [3.05, 3.63) is 35.9 Å². The van der Waals surface area contributed by atoms with Crippen LogP contribution in [-0.4, -0.2) is 13.7 Å². The maximum Gasteiger partial charge on any atom is 0.0712 e.